The lowest BCUT2D eigenvalue weighted by Gasteiger charge is -2.41. The topological polar surface area (TPSA) is 44.7 Å². The van der Waals surface area contributed by atoms with E-state index in [9.17, 15) is 5.11 Å². The maximum absolute atomic E-state index is 9.35. The van der Waals surface area contributed by atoms with Gasteiger partial charge < -0.3 is 15.2 Å². The van der Waals surface area contributed by atoms with E-state index in [1.54, 1.807) is 0 Å². The summed E-state index contributed by atoms with van der Waals surface area (Å²) in [5, 5.41) is 12.8. The summed E-state index contributed by atoms with van der Waals surface area (Å²) in [6.45, 7) is 10.8. The van der Waals surface area contributed by atoms with Gasteiger partial charge in [-0.05, 0) is 47.6 Å². The molecule has 0 aromatic heterocycles. The molecule has 2 N–H and O–H groups in total. The van der Waals surface area contributed by atoms with Gasteiger partial charge in [-0.2, -0.15) is 0 Å². The standard InChI is InChI=1S/C16H32N2O2/c1-15(2)13(14(17-5)16(3,4)20-15)11-18(9-10-19)12-7-6-8-12/h12-14,17,19H,6-11H2,1-5H3. The van der Waals surface area contributed by atoms with Crippen molar-refractivity contribution in [2.24, 2.45) is 5.92 Å². The van der Waals surface area contributed by atoms with Crippen LogP contribution in [0.25, 0.3) is 0 Å². The quantitative estimate of drug-likeness (QED) is 0.778. The Bertz CT molecular complexity index is 326. The van der Waals surface area contributed by atoms with E-state index in [2.05, 4.69) is 37.9 Å². The second kappa shape index (κ2) is 5.91. The Morgan fingerprint density at radius 1 is 1.20 bits per heavy atom. The Kier molecular flexibility index (Phi) is 4.80. The number of nitrogens with zero attached hydrogens (tertiary/aromatic N) is 1. The number of ether oxygens (including phenoxy) is 1. The van der Waals surface area contributed by atoms with E-state index in [0.29, 0.717) is 18.0 Å². The maximum atomic E-state index is 9.35. The molecular formula is C16H32N2O2. The Morgan fingerprint density at radius 2 is 1.85 bits per heavy atom. The number of aliphatic hydroxyl groups excluding tert-OH is 1. The third kappa shape index (κ3) is 3.03. The van der Waals surface area contributed by atoms with E-state index in [-0.39, 0.29) is 17.8 Å². The fourth-order valence-electron chi connectivity index (χ4n) is 4.13. The molecular weight excluding hydrogens is 252 g/mol. The van der Waals surface area contributed by atoms with Crippen molar-refractivity contribution in [1.82, 2.24) is 10.2 Å². The van der Waals surface area contributed by atoms with Crippen LogP contribution < -0.4 is 5.32 Å². The minimum absolute atomic E-state index is 0.130. The Balaban J connectivity index is 2.11. The van der Waals surface area contributed by atoms with Crippen LogP contribution in [0, 0.1) is 5.92 Å². The first kappa shape index (κ1) is 16.2. The van der Waals surface area contributed by atoms with Gasteiger partial charge in [0.15, 0.2) is 0 Å². The fourth-order valence-corrected chi connectivity index (χ4v) is 4.13. The van der Waals surface area contributed by atoms with Gasteiger partial charge in [0.05, 0.1) is 17.8 Å². The van der Waals surface area contributed by atoms with Crippen LogP contribution in [0.2, 0.25) is 0 Å². The lowest BCUT2D eigenvalue weighted by molar-refractivity contribution is -0.0810. The van der Waals surface area contributed by atoms with Crippen molar-refractivity contribution in [3.8, 4) is 0 Å². The van der Waals surface area contributed by atoms with E-state index in [1.165, 1.54) is 19.3 Å². The van der Waals surface area contributed by atoms with Crippen molar-refractivity contribution in [3.05, 3.63) is 0 Å². The molecule has 2 unspecified atom stereocenters. The van der Waals surface area contributed by atoms with Crippen LogP contribution in [0.1, 0.15) is 47.0 Å². The smallest absolute Gasteiger partial charge is 0.0790 e. The SMILES string of the molecule is CNC1C(CN(CCO)C2CCC2)C(C)(C)OC1(C)C. The molecule has 0 aromatic rings. The zero-order valence-corrected chi connectivity index (χ0v) is 13.8. The van der Waals surface area contributed by atoms with Gasteiger partial charge in [-0.1, -0.05) is 6.42 Å². The molecule has 1 saturated carbocycles. The van der Waals surface area contributed by atoms with E-state index in [1.807, 2.05) is 7.05 Å². The van der Waals surface area contributed by atoms with Gasteiger partial charge in [0.25, 0.3) is 0 Å². The summed E-state index contributed by atoms with van der Waals surface area (Å²) < 4.78 is 6.31. The van der Waals surface area contributed by atoms with Gasteiger partial charge in [0, 0.05) is 31.1 Å². The Morgan fingerprint density at radius 3 is 2.30 bits per heavy atom. The molecule has 1 saturated heterocycles. The minimum Gasteiger partial charge on any atom is -0.395 e. The fraction of sp³-hybridized carbons (Fsp3) is 1.00. The highest BCUT2D eigenvalue weighted by Gasteiger charge is 2.53. The van der Waals surface area contributed by atoms with E-state index < -0.39 is 0 Å². The molecule has 0 spiro atoms. The molecule has 0 aromatic carbocycles. The van der Waals surface area contributed by atoms with Gasteiger partial charge in [0.2, 0.25) is 0 Å². The molecule has 0 radical (unpaired) electrons. The number of hydrogen-bond acceptors (Lipinski definition) is 4. The maximum Gasteiger partial charge on any atom is 0.0790 e. The van der Waals surface area contributed by atoms with Gasteiger partial charge in [-0.3, -0.25) is 4.90 Å². The van der Waals surface area contributed by atoms with Crippen molar-refractivity contribution in [2.75, 3.05) is 26.7 Å². The van der Waals surface area contributed by atoms with Crippen molar-refractivity contribution < 1.29 is 9.84 Å². The highest BCUT2D eigenvalue weighted by molar-refractivity contribution is 5.06. The molecule has 0 amide bonds. The number of rotatable bonds is 6. The van der Waals surface area contributed by atoms with Crippen molar-refractivity contribution >= 4 is 0 Å². The third-order valence-electron chi connectivity index (χ3n) is 5.29. The van der Waals surface area contributed by atoms with E-state index in [0.717, 1.165) is 13.1 Å². The Hall–Kier alpha value is -0.160. The van der Waals surface area contributed by atoms with Gasteiger partial charge >= 0.3 is 0 Å². The van der Waals surface area contributed by atoms with E-state index >= 15 is 0 Å². The molecule has 118 valence electrons. The average molecular weight is 284 g/mol. The predicted octanol–water partition coefficient (Wildman–Crippen LogP) is 1.62. The summed E-state index contributed by atoms with van der Waals surface area (Å²) >= 11 is 0. The van der Waals surface area contributed by atoms with Crippen molar-refractivity contribution in [1.29, 1.82) is 0 Å². The summed E-state index contributed by atoms with van der Waals surface area (Å²) in [5.41, 5.74) is -0.276. The molecule has 4 nitrogen and oxygen atoms in total. The molecule has 2 aliphatic rings. The zero-order chi connectivity index (χ0) is 15.0. The summed E-state index contributed by atoms with van der Waals surface area (Å²) in [7, 11) is 2.03. The van der Waals surface area contributed by atoms with Gasteiger partial charge in [-0.25, -0.2) is 0 Å². The monoisotopic (exact) mass is 284 g/mol. The summed E-state index contributed by atoms with van der Waals surface area (Å²) in [4.78, 5) is 2.48. The molecule has 4 heteroatoms. The Labute approximate surface area is 123 Å². The molecule has 2 atom stereocenters. The largest absolute Gasteiger partial charge is 0.395 e. The van der Waals surface area contributed by atoms with Crippen LogP contribution in [-0.2, 0) is 4.74 Å². The van der Waals surface area contributed by atoms with Crippen molar-refractivity contribution in [3.63, 3.8) is 0 Å². The van der Waals surface area contributed by atoms with E-state index in [4.69, 9.17) is 4.74 Å². The van der Waals surface area contributed by atoms with Crippen LogP contribution >= 0.6 is 0 Å². The van der Waals surface area contributed by atoms with Crippen molar-refractivity contribution in [2.45, 2.75) is 70.2 Å². The normalized spacial score (nSPS) is 32.5. The van der Waals surface area contributed by atoms with Gasteiger partial charge in [-0.15, -0.1) is 0 Å². The van der Waals surface area contributed by atoms with Gasteiger partial charge in [0.1, 0.15) is 0 Å². The van der Waals surface area contributed by atoms with Crippen LogP contribution in [0.4, 0.5) is 0 Å². The van der Waals surface area contributed by atoms with Crippen LogP contribution in [0.15, 0.2) is 0 Å². The summed E-state index contributed by atoms with van der Waals surface area (Å²) in [5.74, 6) is 0.439. The summed E-state index contributed by atoms with van der Waals surface area (Å²) in [6.07, 6.45) is 3.89. The van der Waals surface area contributed by atoms with Crippen LogP contribution in [0.5, 0.6) is 0 Å². The zero-order valence-electron chi connectivity index (χ0n) is 13.8. The molecule has 1 aliphatic heterocycles. The highest BCUT2D eigenvalue weighted by Crippen LogP contribution is 2.43. The molecule has 1 aliphatic carbocycles. The first-order valence-electron chi connectivity index (χ1n) is 8.04. The average Bonchev–Trinajstić information content (AvgIpc) is 2.41. The van der Waals surface area contributed by atoms with Crippen LogP contribution in [-0.4, -0.2) is 60.0 Å². The number of hydrogen-bond donors (Lipinski definition) is 2. The molecule has 20 heavy (non-hydrogen) atoms. The molecule has 1 heterocycles. The first-order chi connectivity index (χ1) is 9.31. The number of nitrogens with one attached hydrogen (secondary N) is 1. The second-order valence-electron chi connectivity index (χ2n) is 7.49. The molecule has 2 fully saturated rings. The number of aliphatic hydroxyl groups is 1. The predicted molar refractivity (Wildman–Crippen MR) is 81.9 cm³/mol. The molecule has 2 rings (SSSR count). The highest BCUT2D eigenvalue weighted by atomic mass is 16.5. The lowest BCUT2D eigenvalue weighted by Crippen LogP contribution is -2.53. The van der Waals surface area contributed by atoms with Crippen LogP contribution in [0.3, 0.4) is 0 Å². The first-order valence-corrected chi connectivity index (χ1v) is 8.04. The third-order valence-corrected chi connectivity index (χ3v) is 5.29. The second-order valence-corrected chi connectivity index (χ2v) is 7.49. The lowest BCUT2D eigenvalue weighted by atomic mass is 9.81. The number of likely N-dealkylation sites (N-methyl/N-ethyl adjacent to an activating group) is 1. The minimum atomic E-state index is -0.145. The summed E-state index contributed by atoms with van der Waals surface area (Å²) in [6, 6.07) is 1.01. The molecule has 0 bridgehead atoms.